The normalized spacial score (nSPS) is 16.6. The van der Waals surface area contributed by atoms with E-state index < -0.39 is 24.1 Å². The molecule has 0 bridgehead atoms. The molecule has 4 unspecified atom stereocenters. The summed E-state index contributed by atoms with van der Waals surface area (Å²) in [6.07, 6.45) is 3.71. The lowest BCUT2D eigenvalue weighted by molar-refractivity contribution is 0.0733. The number of aliphatic hydroxyl groups is 1. The number of carbonyl (C=O) groups excluding carboxylic acids is 2. The van der Waals surface area contributed by atoms with Crippen molar-refractivity contribution in [1.29, 1.82) is 0 Å². The number of nitrogens with zero attached hydrogens (tertiary/aromatic N) is 3. The van der Waals surface area contributed by atoms with Crippen molar-refractivity contribution in [3.05, 3.63) is 129 Å². The van der Waals surface area contributed by atoms with Gasteiger partial charge in [0.25, 0.3) is 11.8 Å². The molecule has 4 atom stereocenters. The Morgan fingerprint density at radius 1 is 1.06 bits per heavy atom. The van der Waals surface area contributed by atoms with Crippen LogP contribution < -0.4 is 10.6 Å². The van der Waals surface area contributed by atoms with E-state index in [1.54, 1.807) is 36.5 Å². The van der Waals surface area contributed by atoms with Gasteiger partial charge in [-0.05, 0) is 67.0 Å². The molecule has 2 aromatic heterocycles. The number of aliphatic hydroxyl groups excluding tert-OH is 1. The lowest BCUT2D eigenvalue weighted by Crippen LogP contribution is -2.47. The topological polar surface area (TPSA) is 121 Å². The van der Waals surface area contributed by atoms with Gasteiger partial charge in [0.1, 0.15) is 11.3 Å². The molecule has 3 heterocycles. The molecule has 0 saturated carbocycles. The van der Waals surface area contributed by atoms with E-state index in [1.807, 2.05) is 47.5 Å². The molecule has 1 aliphatic rings. The smallest absolute Gasteiger partial charge is 0.254 e. The van der Waals surface area contributed by atoms with Gasteiger partial charge in [-0.25, -0.2) is 9.97 Å². The standard InChI is InChI=1S/C40H45N5O4S/c1-25-24-50-38(43-25)33-15-10-17-45(33)39(48)31-21-29(20-30(22-31)37-41-16-18-49-37)36(47)44-26(2)35(46)34(28-12-7-6-8-13-28)42-23-27-11-9-14-32(19-27)40(3,4)5/h6-9,11-14,16,18-22,24,26,33-35,42,46H,10,15,17,23H2,1-5H3,(H,44,47). The molecule has 50 heavy (non-hydrogen) atoms. The van der Waals surface area contributed by atoms with Crippen molar-refractivity contribution in [3.63, 3.8) is 0 Å². The molecule has 1 saturated heterocycles. The van der Waals surface area contributed by atoms with E-state index in [1.165, 1.54) is 18.0 Å². The molecule has 0 spiro atoms. The van der Waals surface area contributed by atoms with Crippen LogP contribution in [-0.2, 0) is 12.0 Å². The highest BCUT2D eigenvalue weighted by atomic mass is 32.1. The fourth-order valence-corrected chi connectivity index (χ4v) is 7.41. The van der Waals surface area contributed by atoms with Gasteiger partial charge in [0, 0.05) is 40.9 Å². The van der Waals surface area contributed by atoms with Crippen LogP contribution in [0.2, 0.25) is 0 Å². The second-order valence-corrected chi connectivity index (χ2v) is 15.0. The van der Waals surface area contributed by atoms with E-state index in [4.69, 9.17) is 4.42 Å². The Kier molecular flexibility index (Phi) is 10.6. The van der Waals surface area contributed by atoms with Crippen molar-refractivity contribution in [2.24, 2.45) is 0 Å². The van der Waals surface area contributed by atoms with Crippen LogP contribution in [0.25, 0.3) is 11.5 Å². The van der Waals surface area contributed by atoms with E-state index in [2.05, 4.69) is 65.6 Å². The molecule has 2 amide bonds. The number of thiazole rings is 1. The minimum Gasteiger partial charge on any atom is -0.445 e. The van der Waals surface area contributed by atoms with Crippen LogP contribution >= 0.6 is 11.3 Å². The summed E-state index contributed by atoms with van der Waals surface area (Å²) in [4.78, 5) is 38.7. The average Bonchev–Trinajstić information content (AvgIpc) is 3.91. The predicted octanol–water partition coefficient (Wildman–Crippen LogP) is 7.39. The lowest BCUT2D eigenvalue weighted by atomic mass is 9.86. The summed E-state index contributed by atoms with van der Waals surface area (Å²) in [5.74, 6) is -0.295. The Morgan fingerprint density at radius 3 is 2.54 bits per heavy atom. The first-order chi connectivity index (χ1) is 24.0. The van der Waals surface area contributed by atoms with Gasteiger partial charge in [-0.15, -0.1) is 11.3 Å². The van der Waals surface area contributed by atoms with Gasteiger partial charge in [-0.3, -0.25) is 9.59 Å². The number of benzene rings is 3. The SMILES string of the molecule is Cc1csc(C2CCCN2C(=O)c2cc(C(=O)NC(C)C(O)C(NCc3cccc(C(C)(C)C)c3)c3ccccc3)cc(-c3ncco3)c2)n1. The molecule has 1 fully saturated rings. The summed E-state index contributed by atoms with van der Waals surface area (Å²) < 4.78 is 5.57. The zero-order valence-corrected chi connectivity index (χ0v) is 30.0. The van der Waals surface area contributed by atoms with Crippen LogP contribution in [-0.4, -0.2) is 50.5 Å². The molecule has 9 nitrogen and oxygen atoms in total. The second kappa shape index (κ2) is 15.1. The van der Waals surface area contributed by atoms with Crippen molar-refractivity contribution in [2.45, 2.75) is 83.6 Å². The largest absolute Gasteiger partial charge is 0.445 e. The van der Waals surface area contributed by atoms with Crippen molar-refractivity contribution in [3.8, 4) is 11.5 Å². The van der Waals surface area contributed by atoms with E-state index in [9.17, 15) is 14.7 Å². The van der Waals surface area contributed by atoms with E-state index >= 15 is 0 Å². The fourth-order valence-electron chi connectivity index (χ4n) is 6.47. The first-order valence-corrected chi connectivity index (χ1v) is 18.0. The van der Waals surface area contributed by atoms with Crippen molar-refractivity contribution in [2.75, 3.05) is 6.54 Å². The third-order valence-electron chi connectivity index (χ3n) is 9.25. The number of hydrogen-bond acceptors (Lipinski definition) is 8. The van der Waals surface area contributed by atoms with E-state index in [-0.39, 0.29) is 22.9 Å². The van der Waals surface area contributed by atoms with Gasteiger partial charge < -0.3 is 25.1 Å². The van der Waals surface area contributed by atoms with Crippen LogP contribution in [0, 0.1) is 6.92 Å². The Labute approximate surface area is 297 Å². The number of carbonyl (C=O) groups is 2. The van der Waals surface area contributed by atoms with Gasteiger partial charge >= 0.3 is 0 Å². The zero-order valence-electron chi connectivity index (χ0n) is 29.2. The Balaban J connectivity index is 1.23. The molecular formula is C40H45N5O4S. The lowest BCUT2D eigenvalue weighted by Gasteiger charge is -2.30. The minimum absolute atomic E-state index is 0.0124. The van der Waals surface area contributed by atoms with Crippen LogP contribution in [0.15, 0.2) is 95.1 Å². The monoisotopic (exact) mass is 691 g/mol. The summed E-state index contributed by atoms with van der Waals surface area (Å²) in [5.41, 5.74) is 5.34. The molecule has 5 aromatic rings. The molecule has 3 aromatic carbocycles. The molecule has 6 rings (SSSR count). The maximum atomic E-state index is 14.0. The average molecular weight is 692 g/mol. The van der Waals surface area contributed by atoms with Crippen LogP contribution in [0.5, 0.6) is 0 Å². The number of oxazole rings is 1. The van der Waals surface area contributed by atoms with Gasteiger partial charge in [0.2, 0.25) is 5.89 Å². The molecule has 0 aliphatic carbocycles. The van der Waals surface area contributed by atoms with Crippen LogP contribution in [0.3, 0.4) is 0 Å². The van der Waals surface area contributed by atoms with Crippen molar-refractivity contribution in [1.82, 2.24) is 25.5 Å². The number of likely N-dealkylation sites (tertiary alicyclic amines) is 1. The number of amides is 2. The quantitative estimate of drug-likeness (QED) is 0.132. The molecule has 3 N–H and O–H groups in total. The highest BCUT2D eigenvalue weighted by Crippen LogP contribution is 2.35. The van der Waals surface area contributed by atoms with Gasteiger partial charge in [-0.2, -0.15) is 0 Å². The molecule has 260 valence electrons. The summed E-state index contributed by atoms with van der Waals surface area (Å²) in [7, 11) is 0. The van der Waals surface area contributed by atoms with Gasteiger partial charge in [0.05, 0.1) is 30.4 Å². The third kappa shape index (κ3) is 8.04. The maximum Gasteiger partial charge on any atom is 0.254 e. The highest BCUT2D eigenvalue weighted by Gasteiger charge is 2.34. The Hall–Kier alpha value is -4.64. The first kappa shape index (κ1) is 35.2. The number of nitrogens with one attached hydrogen (secondary N) is 2. The van der Waals surface area contributed by atoms with Crippen LogP contribution in [0.1, 0.15) is 101 Å². The Morgan fingerprint density at radius 2 is 1.84 bits per heavy atom. The summed E-state index contributed by atoms with van der Waals surface area (Å²) in [5, 5.41) is 21.2. The van der Waals surface area contributed by atoms with Gasteiger partial charge in [-0.1, -0.05) is 75.4 Å². The summed E-state index contributed by atoms with van der Waals surface area (Å²) in [6, 6.07) is 22.0. The van der Waals surface area contributed by atoms with Crippen LogP contribution in [0.4, 0.5) is 0 Å². The number of hydrogen-bond donors (Lipinski definition) is 3. The van der Waals surface area contributed by atoms with E-state index in [0.717, 1.165) is 34.7 Å². The molecule has 0 radical (unpaired) electrons. The maximum absolute atomic E-state index is 14.0. The highest BCUT2D eigenvalue weighted by molar-refractivity contribution is 7.09. The van der Waals surface area contributed by atoms with Crippen molar-refractivity contribution < 1.29 is 19.1 Å². The summed E-state index contributed by atoms with van der Waals surface area (Å²) in [6.45, 7) is 11.4. The molecule has 1 aliphatic heterocycles. The van der Waals surface area contributed by atoms with E-state index in [0.29, 0.717) is 30.1 Å². The third-order valence-corrected chi connectivity index (χ3v) is 10.3. The van der Waals surface area contributed by atoms with Gasteiger partial charge in [0.15, 0.2) is 0 Å². The Bertz CT molecular complexity index is 1920. The molecule has 10 heteroatoms. The number of aromatic nitrogens is 2. The number of aryl methyl sites for hydroxylation is 1. The second-order valence-electron chi connectivity index (χ2n) is 14.1. The number of rotatable bonds is 11. The molecular weight excluding hydrogens is 647 g/mol. The fraction of sp³-hybridized carbons (Fsp3) is 0.350. The summed E-state index contributed by atoms with van der Waals surface area (Å²) >= 11 is 1.56. The van der Waals surface area contributed by atoms with Crippen molar-refractivity contribution >= 4 is 23.2 Å². The minimum atomic E-state index is -0.977. The predicted molar refractivity (Wildman–Crippen MR) is 196 cm³/mol. The zero-order chi connectivity index (χ0) is 35.4. The first-order valence-electron chi connectivity index (χ1n) is 17.1.